The third-order valence-electron chi connectivity index (χ3n) is 3.83. The summed E-state index contributed by atoms with van der Waals surface area (Å²) in [5.41, 5.74) is 2.10. The van der Waals surface area contributed by atoms with E-state index in [4.69, 9.17) is 0 Å². The Morgan fingerprint density at radius 3 is 1.79 bits per heavy atom. The number of hydrogen-bond acceptors (Lipinski definition) is 5. The maximum atomic E-state index is 12.2. The minimum absolute atomic E-state index is 0.0649. The largest absolute Gasteiger partial charge is 0.465 e. The van der Waals surface area contributed by atoms with Gasteiger partial charge in [0.2, 0.25) is 5.91 Å². The summed E-state index contributed by atoms with van der Waals surface area (Å²) in [7, 11) is 1.29. The normalized spacial score (nSPS) is 10.8. The van der Waals surface area contributed by atoms with Crippen LogP contribution in [0.4, 0.5) is 11.4 Å². The van der Waals surface area contributed by atoms with Crippen LogP contribution in [0.2, 0.25) is 0 Å². The molecule has 2 amide bonds. The van der Waals surface area contributed by atoms with Gasteiger partial charge in [0.1, 0.15) is 0 Å². The number of ketones is 1. The molecule has 7 heteroatoms. The monoisotopic (exact) mass is 380 g/mol. The summed E-state index contributed by atoms with van der Waals surface area (Å²) in [5.74, 6) is -1.45. The lowest BCUT2D eigenvalue weighted by Gasteiger charge is -2.07. The van der Waals surface area contributed by atoms with Gasteiger partial charge < -0.3 is 15.4 Å². The summed E-state index contributed by atoms with van der Waals surface area (Å²) < 4.78 is 4.61. The lowest BCUT2D eigenvalue weighted by atomic mass is 10.1. The fourth-order valence-corrected chi connectivity index (χ4v) is 2.27. The molecule has 0 saturated heterocycles. The Morgan fingerprint density at radius 2 is 1.29 bits per heavy atom. The van der Waals surface area contributed by atoms with Gasteiger partial charge in [-0.3, -0.25) is 14.4 Å². The van der Waals surface area contributed by atoms with Gasteiger partial charge >= 0.3 is 5.97 Å². The molecule has 2 aromatic carbocycles. The number of benzene rings is 2. The van der Waals surface area contributed by atoms with Gasteiger partial charge in [-0.25, -0.2) is 4.79 Å². The molecule has 0 spiro atoms. The number of methoxy groups -OCH3 is 1. The van der Waals surface area contributed by atoms with E-state index >= 15 is 0 Å². The molecule has 2 rings (SSSR count). The van der Waals surface area contributed by atoms with E-state index in [0.29, 0.717) is 22.5 Å². The number of rotatable bonds is 6. The average Bonchev–Trinajstić information content (AvgIpc) is 2.68. The van der Waals surface area contributed by atoms with Crippen molar-refractivity contribution in [2.45, 2.75) is 13.8 Å². The van der Waals surface area contributed by atoms with Crippen molar-refractivity contribution in [1.82, 2.24) is 0 Å². The molecule has 0 aromatic heterocycles. The van der Waals surface area contributed by atoms with Gasteiger partial charge in [0.05, 0.1) is 12.7 Å². The first-order valence-electron chi connectivity index (χ1n) is 8.40. The molecule has 0 aliphatic heterocycles. The number of anilines is 2. The Bertz CT molecular complexity index is 928. The number of ether oxygens (including phenoxy) is 1. The summed E-state index contributed by atoms with van der Waals surface area (Å²) in [6, 6.07) is 12.6. The second-order valence-corrected chi connectivity index (χ2v) is 5.97. The Balaban J connectivity index is 1.97. The van der Waals surface area contributed by atoms with Crippen molar-refractivity contribution in [2.24, 2.45) is 0 Å². The fourth-order valence-electron chi connectivity index (χ4n) is 2.27. The Morgan fingerprint density at radius 1 is 0.786 bits per heavy atom. The molecule has 0 saturated carbocycles. The molecule has 28 heavy (non-hydrogen) atoms. The first-order valence-corrected chi connectivity index (χ1v) is 8.40. The van der Waals surface area contributed by atoms with Crippen molar-refractivity contribution in [2.75, 3.05) is 17.7 Å². The van der Waals surface area contributed by atoms with Gasteiger partial charge in [0, 0.05) is 28.6 Å². The number of Topliss-reactive ketones (excluding diaryl/α,β-unsaturated/α-hetero) is 1. The molecular formula is C21H20N2O5. The second kappa shape index (κ2) is 9.27. The highest BCUT2D eigenvalue weighted by Gasteiger charge is 2.09. The molecule has 0 aliphatic rings. The lowest BCUT2D eigenvalue weighted by Crippen LogP contribution is -2.16. The molecule has 7 nitrogen and oxygen atoms in total. The number of nitrogens with one attached hydrogen (secondary N) is 2. The van der Waals surface area contributed by atoms with Crippen LogP contribution in [0.15, 0.2) is 60.2 Å². The van der Waals surface area contributed by atoms with Crippen molar-refractivity contribution in [3.63, 3.8) is 0 Å². The Kier molecular flexibility index (Phi) is 6.81. The number of carbonyl (C=O) groups excluding carboxylic acids is 4. The van der Waals surface area contributed by atoms with E-state index in [2.05, 4.69) is 15.4 Å². The average molecular weight is 380 g/mol. The number of hydrogen-bond donors (Lipinski definition) is 2. The molecule has 0 fully saturated rings. The minimum atomic E-state index is -0.470. The van der Waals surface area contributed by atoms with Crippen LogP contribution in [0.5, 0.6) is 0 Å². The number of esters is 1. The van der Waals surface area contributed by atoms with Gasteiger partial charge in [-0.1, -0.05) is 0 Å². The molecule has 2 aromatic rings. The zero-order chi connectivity index (χ0) is 20.7. The van der Waals surface area contributed by atoms with Crippen molar-refractivity contribution in [3.8, 4) is 0 Å². The van der Waals surface area contributed by atoms with Gasteiger partial charge in [0.15, 0.2) is 5.78 Å². The molecule has 0 aliphatic carbocycles. The molecule has 0 atom stereocenters. The standard InChI is InChI=1S/C21H20N2O5/c1-13(12-19(25)22-17-8-4-15(5-9-17)14(2)24)20(26)23-18-10-6-16(7-11-18)21(27)28-3/h4-12H,1-3H3,(H,22,25)(H,23,26)/b13-12-. The molecule has 0 unspecified atom stereocenters. The zero-order valence-corrected chi connectivity index (χ0v) is 15.7. The van der Waals surface area contributed by atoms with Crippen molar-refractivity contribution in [1.29, 1.82) is 0 Å². The Labute approximate surface area is 162 Å². The quantitative estimate of drug-likeness (QED) is 0.455. The van der Waals surface area contributed by atoms with Crippen LogP contribution < -0.4 is 10.6 Å². The summed E-state index contributed by atoms with van der Waals surface area (Å²) in [4.78, 5) is 46.9. The molecular weight excluding hydrogens is 360 g/mol. The van der Waals surface area contributed by atoms with Crippen LogP contribution in [0.25, 0.3) is 0 Å². The predicted molar refractivity (Wildman–Crippen MR) is 105 cm³/mol. The molecule has 144 valence electrons. The van der Waals surface area contributed by atoms with Crippen LogP contribution in [0.3, 0.4) is 0 Å². The molecule has 0 bridgehead atoms. The maximum Gasteiger partial charge on any atom is 0.337 e. The van der Waals surface area contributed by atoms with Gasteiger partial charge in [-0.05, 0) is 62.4 Å². The van der Waals surface area contributed by atoms with Crippen LogP contribution in [-0.2, 0) is 14.3 Å². The van der Waals surface area contributed by atoms with Gasteiger partial charge in [0.25, 0.3) is 5.91 Å². The zero-order valence-electron chi connectivity index (χ0n) is 15.7. The van der Waals surface area contributed by atoms with E-state index in [1.807, 2.05) is 0 Å². The summed E-state index contributed by atoms with van der Waals surface area (Å²) in [6.45, 7) is 2.97. The van der Waals surface area contributed by atoms with E-state index in [0.717, 1.165) is 0 Å². The maximum absolute atomic E-state index is 12.2. The summed E-state index contributed by atoms with van der Waals surface area (Å²) in [6.07, 6.45) is 1.18. The van der Waals surface area contributed by atoms with E-state index in [1.165, 1.54) is 39.2 Å². The highest BCUT2D eigenvalue weighted by atomic mass is 16.5. The van der Waals surface area contributed by atoms with Gasteiger partial charge in [-0.2, -0.15) is 0 Å². The third-order valence-corrected chi connectivity index (χ3v) is 3.83. The van der Waals surface area contributed by atoms with Crippen LogP contribution >= 0.6 is 0 Å². The summed E-state index contributed by atoms with van der Waals surface area (Å²) in [5, 5.41) is 5.26. The first kappa shape index (κ1) is 20.6. The number of amides is 2. The van der Waals surface area contributed by atoms with E-state index in [9.17, 15) is 19.2 Å². The first-order chi connectivity index (χ1) is 13.3. The molecule has 0 heterocycles. The SMILES string of the molecule is COC(=O)c1ccc(NC(=O)/C(C)=C\C(=O)Nc2ccc(C(C)=O)cc2)cc1. The van der Waals surface area contributed by atoms with E-state index in [1.54, 1.807) is 36.4 Å². The highest BCUT2D eigenvalue weighted by Crippen LogP contribution is 2.13. The summed E-state index contributed by atoms with van der Waals surface area (Å²) >= 11 is 0. The van der Waals surface area contributed by atoms with Crippen molar-refractivity contribution < 1.29 is 23.9 Å². The highest BCUT2D eigenvalue weighted by molar-refractivity contribution is 6.10. The second-order valence-electron chi connectivity index (χ2n) is 5.97. The van der Waals surface area contributed by atoms with Gasteiger partial charge in [-0.15, -0.1) is 0 Å². The predicted octanol–water partition coefficient (Wildman–Crippen LogP) is 3.20. The Hall–Kier alpha value is -3.74. The van der Waals surface area contributed by atoms with Crippen LogP contribution in [0, 0.1) is 0 Å². The number of carbonyl (C=O) groups is 4. The topological polar surface area (TPSA) is 102 Å². The van der Waals surface area contributed by atoms with Crippen LogP contribution in [-0.4, -0.2) is 30.7 Å². The lowest BCUT2D eigenvalue weighted by molar-refractivity contribution is -0.114. The van der Waals surface area contributed by atoms with Crippen molar-refractivity contribution in [3.05, 3.63) is 71.3 Å². The molecule has 2 N–H and O–H groups in total. The minimum Gasteiger partial charge on any atom is -0.465 e. The van der Waals surface area contributed by atoms with Crippen LogP contribution in [0.1, 0.15) is 34.6 Å². The molecule has 0 radical (unpaired) electrons. The van der Waals surface area contributed by atoms with Crippen molar-refractivity contribution >= 4 is 34.9 Å². The van der Waals surface area contributed by atoms with E-state index < -0.39 is 17.8 Å². The smallest absolute Gasteiger partial charge is 0.337 e. The van der Waals surface area contributed by atoms with E-state index in [-0.39, 0.29) is 11.4 Å². The fraction of sp³-hybridized carbons (Fsp3) is 0.143. The third kappa shape index (κ3) is 5.63.